The van der Waals surface area contributed by atoms with Crippen LogP contribution in [0.1, 0.15) is 6.42 Å². The zero-order valence-electron chi connectivity index (χ0n) is 9.09. The van der Waals surface area contributed by atoms with Crippen molar-refractivity contribution in [2.75, 3.05) is 18.0 Å². The number of anilines is 1. The molecule has 0 bridgehead atoms. The van der Waals surface area contributed by atoms with Crippen LogP contribution in [0.5, 0.6) is 0 Å². The smallest absolute Gasteiger partial charge is 0.308 e. The third-order valence-corrected chi connectivity index (χ3v) is 2.98. The number of hydrogen-bond donors (Lipinski definition) is 1. The van der Waals surface area contributed by atoms with Gasteiger partial charge in [0, 0.05) is 26.3 Å². The number of pyridine rings is 1. The first kappa shape index (κ1) is 10.7. The number of carboxylic acids is 1. The predicted octanol–water partition coefficient (Wildman–Crippen LogP) is 0.296. The number of aryl methyl sites for hydroxylation is 1. The van der Waals surface area contributed by atoms with Gasteiger partial charge in [-0.15, -0.1) is 0 Å². The molecular formula is C11H14N2O3. The van der Waals surface area contributed by atoms with Gasteiger partial charge in [-0.05, 0) is 18.6 Å². The Bertz CT molecular complexity index is 467. The van der Waals surface area contributed by atoms with Gasteiger partial charge in [-0.1, -0.05) is 0 Å². The molecule has 0 amide bonds. The van der Waals surface area contributed by atoms with Gasteiger partial charge in [0.15, 0.2) is 0 Å². The topological polar surface area (TPSA) is 62.5 Å². The zero-order valence-corrected chi connectivity index (χ0v) is 9.09. The van der Waals surface area contributed by atoms with Crippen molar-refractivity contribution in [2.45, 2.75) is 6.42 Å². The van der Waals surface area contributed by atoms with Crippen molar-refractivity contribution >= 4 is 11.7 Å². The first-order valence-corrected chi connectivity index (χ1v) is 5.23. The maximum absolute atomic E-state index is 11.8. The van der Waals surface area contributed by atoms with Crippen LogP contribution >= 0.6 is 0 Å². The molecule has 2 rings (SSSR count). The first-order chi connectivity index (χ1) is 7.59. The molecule has 0 spiro atoms. The average Bonchev–Trinajstić information content (AvgIpc) is 2.71. The quantitative estimate of drug-likeness (QED) is 0.781. The van der Waals surface area contributed by atoms with Crippen molar-refractivity contribution in [3.63, 3.8) is 0 Å². The lowest BCUT2D eigenvalue weighted by atomic mass is 10.1. The Balaban J connectivity index is 2.24. The minimum atomic E-state index is -0.782. The Morgan fingerprint density at radius 3 is 2.94 bits per heavy atom. The van der Waals surface area contributed by atoms with E-state index in [4.69, 9.17) is 5.11 Å². The fraction of sp³-hybridized carbons (Fsp3) is 0.455. The fourth-order valence-electron chi connectivity index (χ4n) is 2.00. The van der Waals surface area contributed by atoms with Gasteiger partial charge in [0.2, 0.25) is 0 Å². The molecule has 1 saturated heterocycles. The highest BCUT2D eigenvalue weighted by Gasteiger charge is 2.29. The number of aliphatic carboxylic acids is 1. The van der Waals surface area contributed by atoms with E-state index in [1.54, 1.807) is 25.4 Å². The molecule has 1 fully saturated rings. The minimum absolute atomic E-state index is 0.0754. The molecule has 2 heterocycles. The Kier molecular flexibility index (Phi) is 2.68. The van der Waals surface area contributed by atoms with E-state index in [0.717, 1.165) is 0 Å². The molecule has 5 nitrogen and oxygen atoms in total. The van der Waals surface area contributed by atoms with Crippen LogP contribution in [0.25, 0.3) is 0 Å². The molecule has 86 valence electrons. The molecule has 1 unspecified atom stereocenters. The maximum atomic E-state index is 11.8. The van der Waals surface area contributed by atoms with Crippen molar-refractivity contribution < 1.29 is 9.90 Å². The van der Waals surface area contributed by atoms with E-state index < -0.39 is 5.97 Å². The Morgan fingerprint density at radius 1 is 1.56 bits per heavy atom. The highest BCUT2D eigenvalue weighted by atomic mass is 16.4. The number of nitrogens with zero attached hydrogens (tertiary/aromatic N) is 2. The summed E-state index contributed by atoms with van der Waals surface area (Å²) in [6, 6.07) is 3.54. The van der Waals surface area contributed by atoms with E-state index in [9.17, 15) is 9.59 Å². The summed E-state index contributed by atoms with van der Waals surface area (Å²) in [5.74, 6) is -1.14. The van der Waals surface area contributed by atoms with Crippen molar-refractivity contribution in [1.82, 2.24) is 4.57 Å². The summed E-state index contributed by atoms with van der Waals surface area (Å²) in [5.41, 5.74) is 0.516. The molecule has 0 aliphatic carbocycles. The van der Waals surface area contributed by atoms with Crippen LogP contribution in [0, 0.1) is 5.92 Å². The second-order valence-electron chi connectivity index (χ2n) is 4.08. The van der Waals surface area contributed by atoms with Crippen LogP contribution in [-0.2, 0) is 11.8 Å². The van der Waals surface area contributed by atoms with E-state index >= 15 is 0 Å². The molecule has 0 aromatic carbocycles. The summed E-state index contributed by atoms with van der Waals surface area (Å²) in [6.45, 7) is 1.06. The normalized spacial score (nSPS) is 20.1. The van der Waals surface area contributed by atoms with E-state index in [2.05, 4.69) is 0 Å². The molecule has 0 radical (unpaired) electrons. The van der Waals surface area contributed by atoms with E-state index in [0.29, 0.717) is 25.2 Å². The molecule has 5 heteroatoms. The van der Waals surface area contributed by atoms with Gasteiger partial charge in [-0.3, -0.25) is 9.59 Å². The van der Waals surface area contributed by atoms with Crippen LogP contribution in [0.4, 0.5) is 5.69 Å². The highest BCUT2D eigenvalue weighted by Crippen LogP contribution is 2.20. The van der Waals surface area contributed by atoms with E-state index in [1.165, 1.54) is 4.57 Å². The van der Waals surface area contributed by atoms with Crippen LogP contribution in [0.3, 0.4) is 0 Å². The molecule has 1 aromatic rings. The molecular weight excluding hydrogens is 208 g/mol. The lowest BCUT2D eigenvalue weighted by Crippen LogP contribution is -2.30. The molecule has 1 aliphatic heterocycles. The number of carbonyl (C=O) groups is 1. The highest BCUT2D eigenvalue weighted by molar-refractivity contribution is 5.72. The third-order valence-electron chi connectivity index (χ3n) is 2.98. The Hall–Kier alpha value is -1.78. The third kappa shape index (κ3) is 1.80. The molecule has 0 saturated carbocycles. The van der Waals surface area contributed by atoms with Crippen molar-refractivity contribution in [1.29, 1.82) is 0 Å². The average molecular weight is 222 g/mol. The molecule has 1 aromatic heterocycles. The molecule has 1 N–H and O–H groups in total. The summed E-state index contributed by atoms with van der Waals surface area (Å²) >= 11 is 0. The number of aromatic nitrogens is 1. The number of carboxylic acid groups (broad SMARTS) is 1. The van der Waals surface area contributed by atoms with Gasteiger partial charge in [0.25, 0.3) is 5.56 Å². The maximum Gasteiger partial charge on any atom is 0.308 e. The van der Waals surface area contributed by atoms with Crippen LogP contribution in [0.2, 0.25) is 0 Å². The molecule has 1 aliphatic rings. The summed E-state index contributed by atoms with van der Waals surface area (Å²) in [4.78, 5) is 24.5. The molecule has 1 atom stereocenters. The minimum Gasteiger partial charge on any atom is -0.481 e. The largest absolute Gasteiger partial charge is 0.481 e. The van der Waals surface area contributed by atoms with Crippen molar-refractivity contribution in [3.05, 3.63) is 28.7 Å². The van der Waals surface area contributed by atoms with Gasteiger partial charge in [-0.2, -0.15) is 0 Å². The van der Waals surface area contributed by atoms with Crippen LogP contribution < -0.4 is 10.5 Å². The summed E-state index contributed by atoms with van der Waals surface area (Å²) in [7, 11) is 1.69. The van der Waals surface area contributed by atoms with E-state index in [1.807, 2.05) is 4.90 Å². The zero-order chi connectivity index (χ0) is 11.7. The number of rotatable bonds is 2. The fourth-order valence-corrected chi connectivity index (χ4v) is 2.00. The van der Waals surface area contributed by atoms with E-state index in [-0.39, 0.29) is 11.5 Å². The van der Waals surface area contributed by atoms with Gasteiger partial charge < -0.3 is 14.6 Å². The standard InChI is InChI=1S/C11H14N2O3/c1-12-5-2-3-9(10(12)14)13-6-4-8(7-13)11(15)16/h2-3,5,8H,4,6-7H2,1H3,(H,15,16). The summed E-state index contributed by atoms with van der Waals surface area (Å²) in [5, 5.41) is 8.89. The second-order valence-corrected chi connectivity index (χ2v) is 4.08. The van der Waals surface area contributed by atoms with Crippen molar-refractivity contribution in [2.24, 2.45) is 13.0 Å². The van der Waals surface area contributed by atoms with Gasteiger partial charge in [-0.25, -0.2) is 0 Å². The first-order valence-electron chi connectivity index (χ1n) is 5.23. The van der Waals surface area contributed by atoms with Crippen LogP contribution in [0.15, 0.2) is 23.1 Å². The summed E-state index contributed by atoms with van der Waals surface area (Å²) in [6.07, 6.45) is 2.30. The summed E-state index contributed by atoms with van der Waals surface area (Å²) < 4.78 is 1.50. The number of hydrogen-bond acceptors (Lipinski definition) is 3. The second kappa shape index (κ2) is 4.00. The van der Waals surface area contributed by atoms with Gasteiger partial charge in [0.1, 0.15) is 5.69 Å². The molecule has 16 heavy (non-hydrogen) atoms. The Labute approximate surface area is 92.9 Å². The van der Waals surface area contributed by atoms with Gasteiger partial charge >= 0.3 is 5.97 Å². The predicted molar refractivity (Wildman–Crippen MR) is 59.6 cm³/mol. The Morgan fingerprint density at radius 2 is 2.31 bits per heavy atom. The lowest BCUT2D eigenvalue weighted by Gasteiger charge is -2.17. The monoisotopic (exact) mass is 222 g/mol. The van der Waals surface area contributed by atoms with Crippen LogP contribution in [-0.4, -0.2) is 28.7 Å². The van der Waals surface area contributed by atoms with Crippen molar-refractivity contribution in [3.8, 4) is 0 Å². The lowest BCUT2D eigenvalue weighted by molar-refractivity contribution is -0.140. The van der Waals surface area contributed by atoms with Gasteiger partial charge in [0.05, 0.1) is 5.92 Å². The SMILES string of the molecule is Cn1cccc(N2CCC(C(=O)O)C2)c1=O.